The zero-order valence-corrected chi connectivity index (χ0v) is 11.6. The van der Waals surface area contributed by atoms with Crippen LogP contribution in [-0.4, -0.2) is 35.1 Å². The Hall–Kier alpha value is -1.36. The van der Waals surface area contributed by atoms with Gasteiger partial charge in [-0.1, -0.05) is 23.7 Å². The number of hydrogen-bond acceptors (Lipinski definition) is 3. The van der Waals surface area contributed by atoms with Crippen molar-refractivity contribution in [1.82, 2.24) is 4.90 Å². The third kappa shape index (κ3) is 2.52. The molecule has 0 saturated carbocycles. The molecule has 3 nitrogen and oxygen atoms in total. The van der Waals surface area contributed by atoms with Crippen molar-refractivity contribution >= 4 is 28.8 Å². The predicted octanol–water partition coefficient (Wildman–Crippen LogP) is 2.89. The second kappa shape index (κ2) is 4.96. The molecule has 1 amide bonds. The summed E-state index contributed by atoms with van der Waals surface area (Å²) in [4.78, 5) is 15.5. The van der Waals surface area contributed by atoms with Gasteiger partial charge in [-0.15, -0.1) is 11.3 Å². The molecule has 1 N–H and O–H groups in total. The van der Waals surface area contributed by atoms with Gasteiger partial charge in [-0.2, -0.15) is 0 Å². The maximum absolute atomic E-state index is 12.1. The fourth-order valence-electron chi connectivity index (χ4n) is 2.00. The number of carbonyl (C=O) groups is 1. The Morgan fingerprint density at radius 1 is 1.21 bits per heavy atom. The van der Waals surface area contributed by atoms with Gasteiger partial charge < -0.3 is 10.0 Å². The molecule has 1 fully saturated rings. The maximum Gasteiger partial charge on any atom is 0.264 e. The summed E-state index contributed by atoms with van der Waals surface area (Å²) >= 11 is 7.32. The minimum atomic E-state index is -0.361. The van der Waals surface area contributed by atoms with Gasteiger partial charge in [0.25, 0.3) is 5.91 Å². The average Bonchev–Trinajstić information content (AvgIpc) is 2.85. The standard InChI is InChI=1S/C14H12ClNO2S/c15-10-3-1-9(2-4-10)12-5-6-13(19-12)14(18)16-7-11(17)8-16/h1-6,11,17H,7-8H2. The minimum Gasteiger partial charge on any atom is -0.389 e. The number of thiophene rings is 1. The molecule has 19 heavy (non-hydrogen) atoms. The van der Waals surface area contributed by atoms with Crippen LogP contribution < -0.4 is 0 Å². The van der Waals surface area contributed by atoms with Crippen LogP contribution in [0.15, 0.2) is 36.4 Å². The van der Waals surface area contributed by atoms with Crippen LogP contribution in [-0.2, 0) is 0 Å². The van der Waals surface area contributed by atoms with E-state index in [0.717, 1.165) is 10.4 Å². The highest BCUT2D eigenvalue weighted by molar-refractivity contribution is 7.17. The van der Waals surface area contributed by atoms with E-state index in [-0.39, 0.29) is 12.0 Å². The Balaban J connectivity index is 1.79. The predicted molar refractivity (Wildman–Crippen MR) is 76.7 cm³/mol. The van der Waals surface area contributed by atoms with Crippen LogP contribution in [0, 0.1) is 0 Å². The molecule has 0 atom stereocenters. The number of nitrogens with zero attached hydrogens (tertiary/aromatic N) is 1. The van der Waals surface area contributed by atoms with E-state index >= 15 is 0 Å². The summed E-state index contributed by atoms with van der Waals surface area (Å²) in [7, 11) is 0. The average molecular weight is 294 g/mol. The van der Waals surface area contributed by atoms with Crippen LogP contribution in [0.3, 0.4) is 0 Å². The molecule has 1 aliphatic heterocycles. The van der Waals surface area contributed by atoms with Crippen molar-refractivity contribution in [3.8, 4) is 10.4 Å². The molecule has 5 heteroatoms. The van der Waals surface area contributed by atoms with Crippen molar-refractivity contribution in [3.63, 3.8) is 0 Å². The summed E-state index contributed by atoms with van der Waals surface area (Å²) in [5.41, 5.74) is 1.05. The number of carbonyl (C=O) groups excluding carboxylic acids is 1. The lowest BCUT2D eigenvalue weighted by Crippen LogP contribution is -2.53. The summed E-state index contributed by atoms with van der Waals surface area (Å²) in [6, 6.07) is 11.3. The first-order chi connectivity index (χ1) is 9.13. The van der Waals surface area contributed by atoms with E-state index in [2.05, 4.69) is 0 Å². The largest absolute Gasteiger partial charge is 0.389 e. The first kappa shape index (κ1) is 12.7. The number of benzene rings is 1. The van der Waals surface area contributed by atoms with Crippen LogP contribution in [0.2, 0.25) is 5.02 Å². The second-order valence-corrected chi connectivity index (χ2v) is 6.05. The molecule has 0 aliphatic carbocycles. The Kier molecular flexibility index (Phi) is 3.31. The summed E-state index contributed by atoms with van der Waals surface area (Å²) in [5.74, 6) is -0.00415. The summed E-state index contributed by atoms with van der Waals surface area (Å²) in [6.07, 6.45) is -0.361. The normalized spacial score (nSPS) is 15.4. The molecule has 0 spiro atoms. The van der Waals surface area contributed by atoms with Gasteiger partial charge in [0.05, 0.1) is 11.0 Å². The SMILES string of the molecule is O=C(c1ccc(-c2ccc(Cl)cc2)s1)N1CC(O)C1. The van der Waals surface area contributed by atoms with Crippen LogP contribution in [0.5, 0.6) is 0 Å². The Bertz CT molecular complexity index is 602. The topological polar surface area (TPSA) is 40.5 Å². The minimum absolute atomic E-state index is 0.00415. The molecule has 1 aromatic carbocycles. The van der Waals surface area contributed by atoms with E-state index in [1.807, 2.05) is 36.4 Å². The van der Waals surface area contributed by atoms with Crippen molar-refractivity contribution in [2.24, 2.45) is 0 Å². The van der Waals surface area contributed by atoms with Gasteiger partial charge >= 0.3 is 0 Å². The Morgan fingerprint density at radius 3 is 2.53 bits per heavy atom. The lowest BCUT2D eigenvalue weighted by Gasteiger charge is -2.35. The van der Waals surface area contributed by atoms with Gasteiger partial charge in [0.15, 0.2) is 0 Å². The highest BCUT2D eigenvalue weighted by Crippen LogP contribution is 2.30. The number of β-amino-alcohol motifs (C(OH)–C–C–N with tert-alkyl or cyclic N) is 1. The molecule has 1 aromatic heterocycles. The van der Waals surface area contributed by atoms with E-state index in [4.69, 9.17) is 11.6 Å². The van der Waals surface area contributed by atoms with E-state index in [9.17, 15) is 9.90 Å². The molecule has 2 aromatic rings. The van der Waals surface area contributed by atoms with E-state index in [0.29, 0.717) is 23.0 Å². The molecule has 1 aliphatic rings. The molecule has 0 bridgehead atoms. The number of halogens is 1. The fraction of sp³-hybridized carbons (Fsp3) is 0.214. The van der Waals surface area contributed by atoms with Crippen LogP contribution in [0.25, 0.3) is 10.4 Å². The number of likely N-dealkylation sites (tertiary alicyclic amines) is 1. The lowest BCUT2D eigenvalue weighted by atomic mass is 10.1. The van der Waals surface area contributed by atoms with Gasteiger partial charge in [-0.05, 0) is 29.8 Å². The van der Waals surface area contributed by atoms with Crippen molar-refractivity contribution < 1.29 is 9.90 Å². The lowest BCUT2D eigenvalue weighted by molar-refractivity contribution is 0.00623. The van der Waals surface area contributed by atoms with Crippen molar-refractivity contribution in [2.45, 2.75) is 6.10 Å². The number of hydrogen-bond donors (Lipinski definition) is 1. The van der Waals surface area contributed by atoms with Crippen LogP contribution in [0.4, 0.5) is 0 Å². The quantitative estimate of drug-likeness (QED) is 0.925. The maximum atomic E-state index is 12.1. The van der Waals surface area contributed by atoms with E-state index < -0.39 is 0 Å². The molecule has 1 saturated heterocycles. The van der Waals surface area contributed by atoms with Gasteiger partial charge in [0.2, 0.25) is 0 Å². The molecule has 2 heterocycles. The van der Waals surface area contributed by atoms with Gasteiger partial charge in [0.1, 0.15) is 0 Å². The third-order valence-electron chi connectivity index (χ3n) is 3.10. The van der Waals surface area contributed by atoms with Gasteiger partial charge in [-0.25, -0.2) is 0 Å². The summed E-state index contributed by atoms with van der Waals surface area (Å²) < 4.78 is 0. The third-order valence-corrected chi connectivity index (χ3v) is 4.47. The first-order valence-electron chi connectivity index (χ1n) is 5.96. The van der Waals surface area contributed by atoms with Crippen molar-refractivity contribution in [2.75, 3.05) is 13.1 Å². The first-order valence-corrected chi connectivity index (χ1v) is 7.16. The van der Waals surface area contributed by atoms with Crippen LogP contribution in [0.1, 0.15) is 9.67 Å². The Labute approximate surface area is 120 Å². The van der Waals surface area contributed by atoms with Crippen LogP contribution >= 0.6 is 22.9 Å². The number of amides is 1. The fourth-order valence-corrected chi connectivity index (χ4v) is 3.10. The molecule has 3 rings (SSSR count). The molecular formula is C14H12ClNO2S. The van der Waals surface area contributed by atoms with E-state index in [1.54, 1.807) is 4.90 Å². The van der Waals surface area contributed by atoms with Gasteiger partial charge in [0, 0.05) is 23.0 Å². The van der Waals surface area contributed by atoms with Crippen molar-refractivity contribution in [1.29, 1.82) is 0 Å². The second-order valence-electron chi connectivity index (χ2n) is 4.53. The zero-order chi connectivity index (χ0) is 13.4. The highest BCUT2D eigenvalue weighted by atomic mass is 35.5. The monoisotopic (exact) mass is 293 g/mol. The smallest absolute Gasteiger partial charge is 0.264 e. The van der Waals surface area contributed by atoms with Gasteiger partial charge in [-0.3, -0.25) is 4.79 Å². The van der Waals surface area contributed by atoms with E-state index in [1.165, 1.54) is 11.3 Å². The number of aliphatic hydroxyl groups is 1. The molecule has 0 radical (unpaired) electrons. The summed E-state index contributed by atoms with van der Waals surface area (Å²) in [6.45, 7) is 0.875. The Morgan fingerprint density at radius 2 is 1.89 bits per heavy atom. The highest BCUT2D eigenvalue weighted by Gasteiger charge is 2.30. The van der Waals surface area contributed by atoms with Crippen molar-refractivity contribution in [3.05, 3.63) is 46.3 Å². The summed E-state index contributed by atoms with van der Waals surface area (Å²) in [5, 5.41) is 9.92. The zero-order valence-electron chi connectivity index (χ0n) is 10.0. The number of aliphatic hydroxyl groups excluding tert-OH is 1. The molecule has 0 unspecified atom stereocenters. The number of rotatable bonds is 2. The molecule has 98 valence electrons. The molecular weight excluding hydrogens is 282 g/mol.